The van der Waals surface area contributed by atoms with Crippen LogP contribution in [0, 0.1) is 5.95 Å². The van der Waals surface area contributed by atoms with Gasteiger partial charge in [-0.05, 0) is 24.3 Å². The third-order valence-corrected chi connectivity index (χ3v) is 3.02. The number of halogens is 4. The summed E-state index contributed by atoms with van der Waals surface area (Å²) in [5.41, 5.74) is -3.16. The van der Waals surface area contributed by atoms with Gasteiger partial charge in [0.1, 0.15) is 5.65 Å². The van der Waals surface area contributed by atoms with Gasteiger partial charge in [-0.1, -0.05) is 6.07 Å². The minimum absolute atomic E-state index is 0.126. The summed E-state index contributed by atoms with van der Waals surface area (Å²) in [7, 11) is 0. The molecule has 0 aliphatic heterocycles. The highest BCUT2D eigenvalue weighted by atomic mass is 19.4. The highest BCUT2D eigenvalue weighted by Gasteiger charge is 2.38. The zero-order valence-corrected chi connectivity index (χ0v) is 10.8. The van der Waals surface area contributed by atoms with Crippen molar-refractivity contribution in [1.82, 2.24) is 14.4 Å². The van der Waals surface area contributed by atoms with E-state index in [1.54, 1.807) is 0 Å². The predicted octanol–water partition coefficient (Wildman–Crippen LogP) is 2.91. The molecular weight excluding hydrogens is 302 g/mol. The maximum Gasteiger partial charge on any atom is 0.434 e. The summed E-state index contributed by atoms with van der Waals surface area (Å²) >= 11 is 0. The number of alkyl halides is 3. The Kier molecular flexibility index (Phi) is 3.16. The second kappa shape index (κ2) is 4.90. The highest BCUT2D eigenvalue weighted by molar-refractivity contribution is 5.66. The lowest BCUT2D eigenvalue weighted by molar-refractivity contribution is -0.140. The Hall–Kier alpha value is -2.77. The van der Waals surface area contributed by atoms with Crippen LogP contribution < -0.4 is 5.56 Å². The van der Waals surface area contributed by atoms with Gasteiger partial charge in [0.2, 0.25) is 5.95 Å². The van der Waals surface area contributed by atoms with E-state index in [9.17, 15) is 22.4 Å². The van der Waals surface area contributed by atoms with Gasteiger partial charge < -0.3 is 0 Å². The van der Waals surface area contributed by atoms with E-state index >= 15 is 0 Å². The number of pyridine rings is 2. The molecule has 0 aromatic carbocycles. The lowest BCUT2D eigenvalue weighted by atomic mass is 10.1. The monoisotopic (exact) mass is 309 g/mol. The predicted molar refractivity (Wildman–Crippen MR) is 69.7 cm³/mol. The first-order valence-electron chi connectivity index (χ1n) is 6.08. The molecule has 0 saturated heterocycles. The summed E-state index contributed by atoms with van der Waals surface area (Å²) in [5, 5.41) is 0. The quantitative estimate of drug-likeness (QED) is 0.513. The molecule has 4 nitrogen and oxygen atoms in total. The third kappa shape index (κ3) is 2.32. The van der Waals surface area contributed by atoms with Crippen molar-refractivity contribution >= 4 is 5.65 Å². The lowest BCUT2D eigenvalue weighted by Gasteiger charge is -2.13. The smallest absolute Gasteiger partial charge is 0.268 e. The maximum atomic E-state index is 13.2. The number of hydrogen-bond acceptors (Lipinski definition) is 3. The van der Waals surface area contributed by atoms with Crippen molar-refractivity contribution in [3.63, 3.8) is 0 Å². The number of aromatic nitrogens is 3. The molecule has 3 aromatic rings. The molecule has 8 heteroatoms. The summed E-state index contributed by atoms with van der Waals surface area (Å²) in [6.45, 7) is 0. The summed E-state index contributed by atoms with van der Waals surface area (Å²) in [5.74, 6) is -0.855. The topological polar surface area (TPSA) is 47.3 Å². The summed E-state index contributed by atoms with van der Waals surface area (Å²) in [6.07, 6.45) is -2.64. The minimum Gasteiger partial charge on any atom is -0.268 e. The van der Waals surface area contributed by atoms with E-state index in [0.29, 0.717) is 0 Å². The fraction of sp³-hybridized carbons (Fsp3) is 0.0714. The Balaban J connectivity index is 2.43. The van der Waals surface area contributed by atoms with Crippen LogP contribution in [-0.2, 0) is 6.18 Å². The molecule has 3 aromatic heterocycles. The van der Waals surface area contributed by atoms with Gasteiger partial charge >= 0.3 is 6.18 Å². The average molecular weight is 309 g/mol. The van der Waals surface area contributed by atoms with Crippen LogP contribution >= 0.6 is 0 Å². The molecule has 0 saturated carbocycles. The SMILES string of the molecule is O=c1c(-c2ccc(F)nc2)c(C(F)(F)F)nc2ccccn12. The molecule has 0 amide bonds. The Labute approximate surface area is 120 Å². The Morgan fingerprint density at radius 1 is 1.09 bits per heavy atom. The number of nitrogens with zero attached hydrogens (tertiary/aromatic N) is 3. The minimum atomic E-state index is -4.83. The van der Waals surface area contributed by atoms with Gasteiger partial charge in [-0.15, -0.1) is 0 Å². The zero-order chi connectivity index (χ0) is 15.9. The molecule has 0 aliphatic rings. The molecule has 0 spiro atoms. The summed E-state index contributed by atoms with van der Waals surface area (Å²) in [4.78, 5) is 19.2. The molecule has 0 atom stereocenters. The van der Waals surface area contributed by atoms with Gasteiger partial charge in [-0.3, -0.25) is 9.20 Å². The van der Waals surface area contributed by atoms with Crippen molar-refractivity contribution in [2.24, 2.45) is 0 Å². The summed E-state index contributed by atoms with van der Waals surface area (Å²) < 4.78 is 53.5. The van der Waals surface area contributed by atoms with Gasteiger partial charge in [0.15, 0.2) is 5.69 Å². The van der Waals surface area contributed by atoms with Crippen LogP contribution in [0.25, 0.3) is 16.8 Å². The van der Waals surface area contributed by atoms with E-state index in [4.69, 9.17) is 0 Å². The molecule has 22 heavy (non-hydrogen) atoms. The molecule has 0 unspecified atom stereocenters. The molecule has 0 N–H and O–H groups in total. The van der Waals surface area contributed by atoms with E-state index in [-0.39, 0.29) is 11.2 Å². The Morgan fingerprint density at radius 2 is 1.86 bits per heavy atom. The molecule has 0 fully saturated rings. The Morgan fingerprint density at radius 3 is 2.50 bits per heavy atom. The molecule has 0 radical (unpaired) electrons. The van der Waals surface area contributed by atoms with Crippen LogP contribution in [0.1, 0.15) is 5.69 Å². The third-order valence-electron chi connectivity index (χ3n) is 3.02. The lowest BCUT2D eigenvalue weighted by Crippen LogP contribution is -2.24. The van der Waals surface area contributed by atoms with Gasteiger partial charge in [0, 0.05) is 18.0 Å². The van der Waals surface area contributed by atoms with Crippen LogP contribution in [0.2, 0.25) is 0 Å². The van der Waals surface area contributed by atoms with Crippen LogP contribution in [0.5, 0.6) is 0 Å². The van der Waals surface area contributed by atoms with E-state index in [1.807, 2.05) is 0 Å². The first-order valence-corrected chi connectivity index (χ1v) is 6.08. The Bertz CT molecular complexity index is 901. The van der Waals surface area contributed by atoms with Crippen molar-refractivity contribution in [1.29, 1.82) is 0 Å². The van der Waals surface area contributed by atoms with Crippen molar-refractivity contribution < 1.29 is 17.6 Å². The molecule has 112 valence electrons. The molecular formula is C14H7F4N3O. The van der Waals surface area contributed by atoms with Gasteiger partial charge in [-0.2, -0.15) is 17.6 Å². The van der Waals surface area contributed by atoms with E-state index < -0.39 is 28.9 Å². The second-order valence-corrected chi connectivity index (χ2v) is 4.44. The van der Waals surface area contributed by atoms with Crippen LogP contribution in [-0.4, -0.2) is 14.4 Å². The van der Waals surface area contributed by atoms with Crippen LogP contribution in [0.4, 0.5) is 17.6 Å². The zero-order valence-electron chi connectivity index (χ0n) is 10.8. The molecule has 3 rings (SSSR count). The van der Waals surface area contributed by atoms with Gasteiger partial charge in [0.05, 0.1) is 5.56 Å². The van der Waals surface area contributed by atoms with Gasteiger partial charge in [0.25, 0.3) is 5.56 Å². The normalized spacial score (nSPS) is 11.8. The first-order chi connectivity index (χ1) is 10.4. The number of hydrogen-bond donors (Lipinski definition) is 0. The second-order valence-electron chi connectivity index (χ2n) is 4.44. The fourth-order valence-corrected chi connectivity index (χ4v) is 2.08. The van der Waals surface area contributed by atoms with Crippen molar-refractivity contribution in [2.45, 2.75) is 6.18 Å². The molecule has 0 aliphatic carbocycles. The van der Waals surface area contributed by atoms with Crippen LogP contribution in [0.3, 0.4) is 0 Å². The standard InChI is InChI=1S/C14H7F4N3O/c15-9-5-4-8(7-19-9)11-12(14(16,17)18)20-10-3-1-2-6-21(10)13(11)22/h1-7H. The average Bonchev–Trinajstić information content (AvgIpc) is 2.47. The fourth-order valence-electron chi connectivity index (χ4n) is 2.08. The van der Waals surface area contributed by atoms with Gasteiger partial charge in [-0.25, -0.2) is 9.97 Å². The summed E-state index contributed by atoms with van der Waals surface area (Å²) in [6, 6.07) is 6.21. The van der Waals surface area contributed by atoms with Crippen LogP contribution in [0.15, 0.2) is 47.5 Å². The maximum absolute atomic E-state index is 13.2. The van der Waals surface area contributed by atoms with Crippen molar-refractivity contribution in [2.75, 3.05) is 0 Å². The highest BCUT2D eigenvalue weighted by Crippen LogP contribution is 2.33. The number of fused-ring (bicyclic) bond motifs is 1. The molecule has 0 bridgehead atoms. The van der Waals surface area contributed by atoms with Crippen molar-refractivity contribution in [3.05, 3.63) is 64.7 Å². The van der Waals surface area contributed by atoms with E-state index in [2.05, 4.69) is 9.97 Å². The number of rotatable bonds is 1. The first kappa shape index (κ1) is 14.2. The molecule has 3 heterocycles. The van der Waals surface area contributed by atoms with E-state index in [1.165, 1.54) is 24.4 Å². The van der Waals surface area contributed by atoms with Crippen molar-refractivity contribution in [3.8, 4) is 11.1 Å². The largest absolute Gasteiger partial charge is 0.434 e. The van der Waals surface area contributed by atoms with E-state index in [0.717, 1.165) is 22.7 Å².